The molecule has 5 aromatic rings. The van der Waals surface area contributed by atoms with E-state index in [1.54, 1.807) is 0 Å². The highest BCUT2D eigenvalue weighted by Crippen LogP contribution is 2.40. The van der Waals surface area contributed by atoms with Gasteiger partial charge in [0.1, 0.15) is 11.6 Å². The van der Waals surface area contributed by atoms with Crippen LogP contribution in [0.4, 0.5) is 0 Å². The van der Waals surface area contributed by atoms with E-state index in [4.69, 9.17) is 14.6 Å². The Morgan fingerprint density at radius 1 is 0.971 bits per heavy atom. The van der Waals surface area contributed by atoms with Gasteiger partial charge in [0.2, 0.25) is 0 Å². The molecule has 6 rings (SSSR count). The lowest BCUT2D eigenvalue weighted by atomic mass is 9.91. The van der Waals surface area contributed by atoms with Crippen LogP contribution in [-0.2, 0) is 32.9 Å². The van der Waals surface area contributed by atoms with Crippen molar-refractivity contribution in [1.82, 2.24) is 34.7 Å². The summed E-state index contributed by atoms with van der Waals surface area (Å²) in [5.41, 5.74) is 10.6. The number of hydrogen-bond acceptors (Lipinski definition) is 6. The van der Waals surface area contributed by atoms with E-state index in [2.05, 4.69) is 46.4 Å². The Labute approximate surface area is 203 Å². The van der Waals surface area contributed by atoms with Crippen LogP contribution in [0.3, 0.4) is 0 Å². The van der Waals surface area contributed by atoms with Crippen LogP contribution in [0.5, 0.6) is 0 Å². The molecule has 0 unspecified atom stereocenters. The molecule has 0 aliphatic heterocycles. The average molecular weight is 466 g/mol. The molecule has 0 spiro atoms. The minimum Gasteiger partial charge on any atom is -0.361 e. The predicted octanol–water partition coefficient (Wildman–Crippen LogP) is 4.72. The minimum absolute atomic E-state index is 0.608. The first-order valence-corrected chi connectivity index (χ1v) is 12.0. The van der Waals surface area contributed by atoms with Gasteiger partial charge >= 0.3 is 0 Å². The highest BCUT2D eigenvalue weighted by atomic mass is 16.5. The molecule has 0 N–H and O–H groups in total. The van der Waals surface area contributed by atoms with Crippen molar-refractivity contribution in [2.24, 2.45) is 7.05 Å². The molecule has 0 radical (unpaired) electrons. The van der Waals surface area contributed by atoms with Gasteiger partial charge in [-0.15, -0.1) is 0 Å². The second-order valence-corrected chi connectivity index (χ2v) is 9.07. The van der Waals surface area contributed by atoms with Gasteiger partial charge in [0.25, 0.3) is 0 Å². The number of benzene rings is 1. The monoisotopic (exact) mass is 465 g/mol. The summed E-state index contributed by atoms with van der Waals surface area (Å²) >= 11 is 0. The summed E-state index contributed by atoms with van der Waals surface area (Å²) in [7, 11) is 2.01. The maximum Gasteiger partial charge on any atom is 0.141 e. The fourth-order valence-corrected chi connectivity index (χ4v) is 5.04. The zero-order valence-electron chi connectivity index (χ0n) is 20.4. The van der Waals surface area contributed by atoms with Crippen molar-refractivity contribution in [1.29, 1.82) is 0 Å². The van der Waals surface area contributed by atoms with Crippen LogP contribution in [0.2, 0.25) is 0 Å². The molecule has 0 amide bonds. The van der Waals surface area contributed by atoms with Crippen molar-refractivity contribution in [2.75, 3.05) is 0 Å². The number of fused-ring (bicyclic) bond motifs is 3. The molecule has 8 heteroatoms. The first kappa shape index (κ1) is 21.5. The van der Waals surface area contributed by atoms with Gasteiger partial charge < -0.3 is 4.52 Å². The molecule has 35 heavy (non-hydrogen) atoms. The van der Waals surface area contributed by atoms with E-state index in [-0.39, 0.29) is 0 Å². The second kappa shape index (κ2) is 8.30. The van der Waals surface area contributed by atoms with Gasteiger partial charge in [0.05, 0.1) is 34.9 Å². The van der Waals surface area contributed by atoms with E-state index in [1.165, 1.54) is 5.56 Å². The third kappa shape index (κ3) is 3.65. The van der Waals surface area contributed by atoms with Crippen molar-refractivity contribution in [3.63, 3.8) is 0 Å². The van der Waals surface area contributed by atoms with Crippen molar-refractivity contribution in [2.45, 2.75) is 46.6 Å². The Hall–Kier alpha value is -4.07. The van der Waals surface area contributed by atoms with Crippen molar-refractivity contribution in [3.8, 4) is 33.6 Å². The van der Waals surface area contributed by atoms with Gasteiger partial charge in [-0.25, -0.2) is 9.97 Å². The molecule has 4 aromatic heterocycles. The van der Waals surface area contributed by atoms with Crippen molar-refractivity contribution in [3.05, 3.63) is 77.0 Å². The van der Waals surface area contributed by atoms with Gasteiger partial charge in [-0.2, -0.15) is 10.2 Å². The van der Waals surface area contributed by atoms with Crippen LogP contribution in [0.1, 0.15) is 41.2 Å². The van der Waals surface area contributed by atoms with Crippen LogP contribution < -0.4 is 0 Å². The lowest BCUT2D eigenvalue weighted by Gasteiger charge is -2.16. The van der Waals surface area contributed by atoms with E-state index >= 15 is 0 Å². The van der Waals surface area contributed by atoms with Crippen LogP contribution in [0.15, 0.2) is 47.2 Å². The Bertz CT molecular complexity index is 1520. The zero-order valence-corrected chi connectivity index (χ0v) is 20.4. The molecule has 1 aliphatic rings. The van der Waals surface area contributed by atoms with Crippen LogP contribution in [0, 0.1) is 13.8 Å². The lowest BCUT2D eigenvalue weighted by Crippen LogP contribution is -2.09. The molecule has 8 nitrogen and oxygen atoms in total. The molecule has 1 aliphatic carbocycles. The molecular formula is C27H27N7O. The highest BCUT2D eigenvalue weighted by molar-refractivity contribution is 5.84. The number of hydrogen-bond donors (Lipinski definition) is 0. The van der Waals surface area contributed by atoms with E-state index in [0.29, 0.717) is 6.42 Å². The number of rotatable bonds is 5. The maximum absolute atomic E-state index is 5.36. The molecule has 0 saturated carbocycles. The number of aryl methyl sites for hydroxylation is 6. The third-order valence-electron chi connectivity index (χ3n) is 6.74. The van der Waals surface area contributed by atoms with E-state index in [9.17, 15) is 0 Å². The van der Waals surface area contributed by atoms with Crippen LogP contribution in [-0.4, -0.2) is 34.7 Å². The first-order valence-electron chi connectivity index (χ1n) is 12.0. The second-order valence-electron chi connectivity index (χ2n) is 9.07. The number of nitrogens with zero attached hydrogens (tertiary/aromatic N) is 7. The van der Waals surface area contributed by atoms with Crippen molar-refractivity contribution < 1.29 is 4.52 Å². The quantitative estimate of drug-likeness (QED) is 0.373. The van der Waals surface area contributed by atoms with E-state index < -0.39 is 0 Å². The first-order chi connectivity index (χ1) is 17.0. The van der Waals surface area contributed by atoms with Crippen molar-refractivity contribution >= 4 is 0 Å². The normalized spacial score (nSPS) is 12.6. The summed E-state index contributed by atoms with van der Waals surface area (Å²) in [6.07, 6.45) is 6.37. The summed E-state index contributed by atoms with van der Waals surface area (Å²) in [5.74, 6) is 1.61. The molecule has 0 atom stereocenters. The molecule has 0 fully saturated rings. The van der Waals surface area contributed by atoms with Gasteiger partial charge in [-0.05, 0) is 50.8 Å². The third-order valence-corrected chi connectivity index (χ3v) is 6.74. The maximum atomic E-state index is 5.36. The molecule has 176 valence electrons. The Morgan fingerprint density at radius 2 is 1.77 bits per heavy atom. The summed E-state index contributed by atoms with van der Waals surface area (Å²) in [6, 6.07) is 10.6. The van der Waals surface area contributed by atoms with E-state index in [0.717, 1.165) is 81.7 Å². The topological polar surface area (TPSA) is 87.5 Å². The SMILES string of the molecule is CCn1ccc(Cc2ncc3c(n2)-c2c(nn(C)c2-c2ccc(-c4c(C)noc4C)cc2)CC3)n1. The smallest absolute Gasteiger partial charge is 0.141 e. The Kier molecular flexibility index (Phi) is 5.09. The molecule has 0 saturated heterocycles. The van der Waals surface area contributed by atoms with Gasteiger partial charge in [-0.1, -0.05) is 29.4 Å². The summed E-state index contributed by atoms with van der Waals surface area (Å²) < 4.78 is 9.27. The predicted molar refractivity (Wildman–Crippen MR) is 133 cm³/mol. The highest BCUT2D eigenvalue weighted by Gasteiger charge is 2.27. The molecule has 1 aromatic carbocycles. The minimum atomic E-state index is 0.608. The standard InChI is InChI=1S/C27H27N7O/c1-5-34-13-12-21(30-34)14-23-28-15-20-10-11-22-25(26(20)29-23)27(33(4)31-22)19-8-6-18(7-9-19)24-16(2)32-35-17(24)3/h6-9,12-13,15H,5,10-11,14H2,1-4H3. The molecule has 0 bridgehead atoms. The van der Waals surface area contributed by atoms with Crippen LogP contribution >= 0.6 is 0 Å². The lowest BCUT2D eigenvalue weighted by molar-refractivity contribution is 0.393. The largest absolute Gasteiger partial charge is 0.361 e. The van der Waals surface area contributed by atoms with E-state index in [1.807, 2.05) is 48.7 Å². The fourth-order valence-electron chi connectivity index (χ4n) is 5.04. The molecule has 4 heterocycles. The fraction of sp³-hybridized carbons (Fsp3) is 0.296. The molecular weight excluding hydrogens is 438 g/mol. The van der Waals surface area contributed by atoms with Gasteiger partial charge in [0.15, 0.2) is 0 Å². The average Bonchev–Trinajstić information content (AvgIpc) is 3.55. The zero-order chi connectivity index (χ0) is 24.1. The summed E-state index contributed by atoms with van der Waals surface area (Å²) in [5, 5.41) is 13.6. The summed E-state index contributed by atoms with van der Waals surface area (Å²) in [4.78, 5) is 9.69. The van der Waals surface area contributed by atoms with Crippen LogP contribution in [0.25, 0.3) is 33.6 Å². The summed E-state index contributed by atoms with van der Waals surface area (Å²) in [6.45, 7) is 6.85. The number of aromatic nitrogens is 7. The Balaban J connectivity index is 1.40. The Morgan fingerprint density at radius 3 is 2.49 bits per heavy atom. The van der Waals surface area contributed by atoms with Gasteiger partial charge in [-0.3, -0.25) is 9.36 Å². The van der Waals surface area contributed by atoms with Gasteiger partial charge in [0, 0.05) is 42.7 Å².